The topological polar surface area (TPSA) is 65.2 Å². The Hall–Kier alpha value is -1.23. The molecule has 0 aliphatic heterocycles. The van der Waals surface area contributed by atoms with Gasteiger partial charge in [-0.25, -0.2) is 9.78 Å². The highest BCUT2D eigenvalue weighted by Crippen LogP contribution is 2.14. The number of hydrogen-bond donors (Lipinski definition) is 1. The summed E-state index contributed by atoms with van der Waals surface area (Å²) in [5.74, 6) is 0. The van der Waals surface area contributed by atoms with E-state index in [1.165, 1.54) is 0 Å². The summed E-state index contributed by atoms with van der Waals surface area (Å²) in [6.45, 7) is 0. The molecule has 0 bridgehead atoms. The maximum Gasteiger partial charge on any atom is 0.417 e. The van der Waals surface area contributed by atoms with Gasteiger partial charge in [-0.2, -0.15) is 0 Å². The highest BCUT2D eigenvalue weighted by atomic mass is 32.2. The van der Waals surface area contributed by atoms with Gasteiger partial charge in [0.2, 0.25) is 0 Å². The summed E-state index contributed by atoms with van der Waals surface area (Å²) in [6.07, 6.45) is 0.785. The van der Waals surface area contributed by atoms with Gasteiger partial charge in [0.1, 0.15) is 17.1 Å². The summed E-state index contributed by atoms with van der Waals surface area (Å²) in [7, 11) is 0. The summed E-state index contributed by atoms with van der Waals surface area (Å²) in [5.41, 5.74) is 4.73. The predicted octanol–water partition coefficient (Wildman–Crippen LogP) is 1.18. The summed E-state index contributed by atoms with van der Waals surface area (Å²) in [5, 5.41) is 0.603. The number of hydrogen-bond acceptors (Lipinski definition) is 4. The van der Waals surface area contributed by atoms with E-state index in [1.807, 2.05) is 0 Å². The van der Waals surface area contributed by atoms with Crippen molar-refractivity contribution in [3.63, 3.8) is 0 Å². The molecule has 1 aromatic heterocycles. The summed E-state index contributed by atoms with van der Waals surface area (Å²) < 4.78 is 4.42. The normalized spacial score (nSPS) is 9.09. The Morgan fingerprint density at radius 1 is 1.64 bits per heavy atom. The van der Waals surface area contributed by atoms with Gasteiger partial charge in [0.25, 0.3) is 0 Å². The molecule has 0 aromatic carbocycles. The molecule has 0 unspecified atom stereocenters. The molecule has 0 aliphatic carbocycles. The van der Waals surface area contributed by atoms with Crippen LogP contribution in [-0.4, -0.2) is 11.1 Å². The lowest BCUT2D eigenvalue weighted by Crippen LogP contribution is -2.08. The van der Waals surface area contributed by atoms with Crippen LogP contribution in [0.3, 0.4) is 0 Å². The van der Waals surface area contributed by atoms with Gasteiger partial charge < -0.3 is 9.92 Å². The van der Waals surface area contributed by atoms with Crippen molar-refractivity contribution in [3.8, 4) is 0 Å². The fourth-order valence-electron chi connectivity index (χ4n) is 0.480. The molecule has 0 spiro atoms. The van der Waals surface area contributed by atoms with Crippen molar-refractivity contribution in [1.29, 1.82) is 0 Å². The molecule has 11 heavy (non-hydrogen) atoms. The van der Waals surface area contributed by atoms with Crippen LogP contribution in [0.2, 0.25) is 0 Å². The Labute approximate surface area is 68.0 Å². The van der Waals surface area contributed by atoms with Crippen LogP contribution < -0.4 is 5.73 Å². The maximum atomic E-state index is 10.1. The van der Waals surface area contributed by atoms with Crippen LogP contribution in [0, 0.1) is 0 Å². The average Bonchev–Trinajstić information content (AvgIpc) is 2.03. The number of aromatic nitrogens is 1. The van der Waals surface area contributed by atoms with E-state index in [0.29, 0.717) is 5.03 Å². The van der Waals surface area contributed by atoms with Crippen LogP contribution >= 0.6 is 12.0 Å². The van der Waals surface area contributed by atoms with Crippen LogP contribution in [0.1, 0.15) is 0 Å². The number of primary amides is 1. The second kappa shape index (κ2) is 3.82. The molecule has 58 valence electrons. The van der Waals surface area contributed by atoms with Gasteiger partial charge in [-0.05, 0) is 12.1 Å². The van der Waals surface area contributed by atoms with E-state index in [2.05, 4.69) is 9.17 Å². The van der Waals surface area contributed by atoms with Gasteiger partial charge in [0.15, 0.2) is 0 Å². The molecule has 0 saturated heterocycles. The molecule has 1 rings (SSSR count). The van der Waals surface area contributed by atoms with Crippen molar-refractivity contribution in [2.45, 2.75) is 5.03 Å². The van der Waals surface area contributed by atoms with Gasteiger partial charge in [-0.15, -0.1) is 0 Å². The van der Waals surface area contributed by atoms with Crippen LogP contribution in [0.5, 0.6) is 0 Å². The third kappa shape index (κ3) is 2.90. The van der Waals surface area contributed by atoms with E-state index >= 15 is 0 Å². The molecule has 0 aliphatic rings. The fraction of sp³-hybridized carbons (Fsp3) is 0. The second-order valence-corrected chi connectivity index (χ2v) is 2.41. The van der Waals surface area contributed by atoms with Gasteiger partial charge in [-0.3, -0.25) is 0 Å². The number of rotatable bonds is 2. The Balaban J connectivity index is 2.45. The fourth-order valence-corrected chi connectivity index (χ4v) is 0.886. The summed E-state index contributed by atoms with van der Waals surface area (Å²) >= 11 is 0.843. The van der Waals surface area contributed by atoms with E-state index in [4.69, 9.17) is 5.73 Å². The molecule has 1 aromatic rings. The standard InChI is InChI=1S/C6H6N2O2S/c7-6(9)10-11-5-3-1-2-4-8-5/h1-4H,(H2,7,9). The Kier molecular flexibility index (Phi) is 2.74. The minimum absolute atomic E-state index is 0.603. The number of amides is 1. The lowest BCUT2D eigenvalue weighted by molar-refractivity contribution is 0.218. The van der Waals surface area contributed by atoms with Crippen LogP contribution in [0.4, 0.5) is 4.79 Å². The molecule has 4 nitrogen and oxygen atoms in total. The first-order valence-electron chi connectivity index (χ1n) is 2.84. The Morgan fingerprint density at radius 2 is 2.45 bits per heavy atom. The smallest absolute Gasteiger partial charge is 0.368 e. The van der Waals surface area contributed by atoms with E-state index < -0.39 is 6.09 Å². The van der Waals surface area contributed by atoms with E-state index in [0.717, 1.165) is 12.0 Å². The molecule has 0 fully saturated rings. The zero-order chi connectivity index (χ0) is 8.10. The van der Waals surface area contributed by atoms with Crippen molar-refractivity contribution in [1.82, 2.24) is 4.98 Å². The third-order valence-corrected chi connectivity index (χ3v) is 1.51. The van der Waals surface area contributed by atoms with E-state index in [1.54, 1.807) is 24.4 Å². The molecular formula is C6H6N2O2S. The van der Waals surface area contributed by atoms with Crippen molar-refractivity contribution >= 4 is 18.1 Å². The number of carbonyl (C=O) groups excluding carboxylic acids is 1. The number of nitrogens with two attached hydrogens (primary N) is 1. The zero-order valence-electron chi connectivity index (χ0n) is 5.56. The van der Waals surface area contributed by atoms with Gasteiger partial charge in [0.05, 0.1) is 0 Å². The second-order valence-electron chi connectivity index (χ2n) is 1.65. The molecule has 5 heteroatoms. The molecule has 0 atom stereocenters. The molecule has 1 amide bonds. The highest BCUT2D eigenvalue weighted by Gasteiger charge is 1.97. The highest BCUT2D eigenvalue weighted by molar-refractivity contribution is 7.95. The van der Waals surface area contributed by atoms with Gasteiger partial charge in [-0.1, -0.05) is 6.07 Å². The first kappa shape index (κ1) is 7.87. The van der Waals surface area contributed by atoms with Crippen molar-refractivity contribution in [2.24, 2.45) is 5.73 Å². The number of nitrogens with zero attached hydrogens (tertiary/aromatic N) is 1. The lowest BCUT2D eigenvalue weighted by Gasteiger charge is -1.95. The zero-order valence-corrected chi connectivity index (χ0v) is 6.38. The molecule has 0 saturated carbocycles. The van der Waals surface area contributed by atoms with E-state index in [-0.39, 0.29) is 0 Å². The first-order chi connectivity index (χ1) is 5.29. The maximum absolute atomic E-state index is 10.1. The SMILES string of the molecule is NC(=O)OSc1ccccn1. The van der Waals surface area contributed by atoms with Gasteiger partial charge >= 0.3 is 6.09 Å². The van der Waals surface area contributed by atoms with Crippen molar-refractivity contribution in [3.05, 3.63) is 24.4 Å². The third-order valence-electron chi connectivity index (χ3n) is 0.847. The Morgan fingerprint density at radius 3 is 3.00 bits per heavy atom. The van der Waals surface area contributed by atoms with Crippen molar-refractivity contribution in [2.75, 3.05) is 0 Å². The first-order valence-corrected chi connectivity index (χ1v) is 3.58. The monoisotopic (exact) mass is 170 g/mol. The van der Waals surface area contributed by atoms with Crippen LogP contribution in [0.25, 0.3) is 0 Å². The number of carbonyl (C=O) groups is 1. The largest absolute Gasteiger partial charge is 0.417 e. The average molecular weight is 170 g/mol. The minimum Gasteiger partial charge on any atom is -0.368 e. The van der Waals surface area contributed by atoms with Crippen LogP contribution in [-0.2, 0) is 4.18 Å². The number of pyridine rings is 1. The molecule has 1 heterocycles. The van der Waals surface area contributed by atoms with Gasteiger partial charge in [0, 0.05) is 6.20 Å². The summed E-state index contributed by atoms with van der Waals surface area (Å²) in [4.78, 5) is 14.0. The molecule has 0 radical (unpaired) electrons. The lowest BCUT2D eigenvalue weighted by atomic mass is 10.5. The summed E-state index contributed by atoms with van der Waals surface area (Å²) in [6, 6.07) is 5.28. The van der Waals surface area contributed by atoms with E-state index in [9.17, 15) is 4.79 Å². The van der Waals surface area contributed by atoms with Crippen LogP contribution in [0.15, 0.2) is 29.4 Å². The minimum atomic E-state index is -0.819. The predicted molar refractivity (Wildman–Crippen MR) is 40.8 cm³/mol. The molecular weight excluding hydrogens is 164 g/mol. The quantitative estimate of drug-likeness (QED) is 0.677. The molecule has 2 N–H and O–H groups in total. The Bertz CT molecular complexity index is 240. The van der Waals surface area contributed by atoms with Crippen molar-refractivity contribution < 1.29 is 8.98 Å².